The van der Waals surface area contributed by atoms with E-state index in [1.807, 2.05) is 43.0 Å². The summed E-state index contributed by atoms with van der Waals surface area (Å²) in [5.41, 5.74) is 6.34. The molecule has 1 aromatic carbocycles. The maximum atomic E-state index is 12.4. The van der Waals surface area contributed by atoms with Crippen LogP contribution in [0.4, 0.5) is 0 Å². The molecule has 5 rings (SSSR count). The van der Waals surface area contributed by atoms with Crippen LogP contribution in [0.15, 0.2) is 36.5 Å². The third kappa shape index (κ3) is 3.33. The first-order valence-electron chi connectivity index (χ1n) is 10.4. The van der Waals surface area contributed by atoms with E-state index < -0.39 is 0 Å². The number of aryl methyl sites for hydroxylation is 1. The highest BCUT2D eigenvalue weighted by molar-refractivity contribution is 5.99. The van der Waals surface area contributed by atoms with Crippen LogP contribution in [0.1, 0.15) is 47.3 Å². The summed E-state index contributed by atoms with van der Waals surface area (Å²) in [6.45, 7) is 3.58. The molecule has 1 aliphatic carbocycles. The van der Waals surface area contributed by atoms with Crippen molar-refractivity contribution in [1.82, 2.24) is 24.9 Å². The van der Waals surface area contributed by atoms with Crippen molar-refractivity contribution >= 4 is 5.91 Å². The van der Waals surface area contributed by atoms with E-state index in [1.165, 1.54) is 25.7 Å². The molecule has 1 saturated carbocycles. The molecule has 1 amide bonds. The van der Waals surface area contributed by atoms with Crippen molar-refractivity contribution in [1.29, 1.82) is 0 Å². The largest absolute Gasteiger partial charge is 0.337 e. The first-order chi connectivity index (χ1) is 14.1. The summed E-state index contributed by atoms with van der Waals surface area (Å²) in [6.07, 6.45) is 7.24. The van der Waals surface area contributed by atoms with Gasteiger partial charge in [0.2, 0.25) is 0 Å². The Morgan fingerprint density at radius 1 is 1.10 bits per heavy atom. The van der Waals surface area contributed by atoms with Gasteiger partial charge >= 0.3 is 0 Å². The number of aromatic nitrogens is 4. The van der Waals surface area contributed by atoms with E-state index in [1.54, 1.807) is 4.90 Å². The Morgan fingerprint density at radius 2 is 1.93 bits per heavy atom. The van der Waals surface area contributed by atoms with Gasteiger partial charge in [-0.25, -0.2) is 0 Å². The minimum atomic E-state index is 0.0681. The van der Waals surface area contributed by atoms with Gasteiger partial charge in [-0.3, -0.25) is 14.5 Å². The quantitative estimate of drug-likeness (QED) is 0.676. The Bertz CT molecular complexity index is 1080. The molecule has 29 heavy (non-hydrogen) atoms. The highest BCUT2D eigenvalue weighted by Crippen LogP contribution is 2.33. The maximum absolute atomic E-state index is 12.4. The van der Waals surface area contributed by atoms with Crippen molar-refractivity contribution in [2.75, 3.05) is 7.05 Å². The van der Waals surface area contributed by atoms with Gasteiger partial charge in [0.05, 0.1) is 11.9 Å². The summed E-state index contributed by atoms with van der Waals surface area (Å²) < 4.78 is 1.97. The van der Waals surface area contributed by atoms with E-state index in [0.717, 1.165) is 45.9 Å². The zero-order chi connectivity index (χ0) is 20.0. The molecule has 0 bridgehead atoms. The highest BCUT2D eigenvalue weighted by Gasteiger charge is 2.25. The van der Waals surface area contributed by atoms with Crippen LogP contribution in [0.25, 0.3) is 22.5 Å². The van der Waals surface area contributed by atoms with Gasteiger partial charge in [-0.1, -0.05) is 30.2 Å². The van der Waals surface area contributed by atoms with Crippen LogP contribution in [-0.4, -0.2) is 37.8 Å². The van der Waals surface area contributed by atoms with Gasteiger partial charge in [0, 0.05) is 42.5 Å². The molecule has 0 saturated heterocycles. The average molecular weight is 387 g/mol. The lowest BCUT2D eigenvalue weighted by Gasteiger charge is -2.09. The molecular formula is C23H25N5O. The Hall–Kier alpha value is -3.02. The molecule has 0 radical (unpaired) electrons. The first-order valence-corrected chi connectivity index (χ1v) is 10.4. The molecule has 1 fully saturated rings. The van der Waals surface area contributed by atoms with Gasteiger partial charge < -0.3 is 4.90 Å². The number of rotatable bonds is 4. The van der Waals surface area contributed by atoms with Crippen LogP contribution in [0.3, 0.4) is 0 Å². The molecule has 0 atom stereocenters. The number of amides is 1. The van der Waals surface area contributed by atoms with Crippen LogP contribution in [0.2, 0.25) is 0 Å². The lowest BCUT2D eigenvalue weighted by Crippen LogP contribution is -2.17. The van der Waals surface area contributed by atoms with Crippen molar-refractivity contribution in [3.05, 3.63) is 53.3 Å². The summed E-state index contributed by atoms with van der Waals surface area (Å²) in [5.74, 6) is 0.776. The van der Waals surface area contributed by atoms with Crippen molar-refractivity contribution in [2.45, 2.75) is 45.7 Å². The third-order valence-electron chi connectivity index (χ3n) is 6.14. The van der Waals surface area contributed by atoms with Gasteiger partial charge in [-0.2, -0.15) is 0 Å². The summed E-state index contributed by atoms with van der Waals surface area (Å²) >= 11 is 0. The lowest BCUT2D eigenvalue weighted by molar-refractivity contribution is 0.0816. The number of carbonyl (C=O) groups is 1. The molecule has 6 heteroatoms. The topological polar surface area (TPSA) is 63.9 Å². The molecule has 0 N–H and O–H groups in total. The number of nitrogens with zero attached hydrogens (tertiary/aromatic N) is 5. The normalized spacial score (nSPS) is 16.6. The standard InChI is InChI=1S/C23H25N5O/c1-15-7-10-19(21-14-28(26-25-21)12-16-5-3-4-6-16)22(24-15)17-8-9-18-13-27(2)23(29)20(18)11-17/h7-11,14,16H,3-6,12-13H2,1-2H3. The molecule has 3 heterocycles. The summed E-state index contributed by atoms with van der Waals surface area (Å²) in [4.78, 5) is 19.0. The number of hydrogen-bond donors (Lipinski definition) is 0. The van der Waals surface area contributed by atoms with Crippen LogP contribution in [0, 0.1) is 12.8 Å². The van der Waals surface area contributed by atoms with Gasteiger partial charge in [0.1, 0.15) is 5.69 Å². The molecule has 2 aromatic heterocycles. The van der Waals surface area contributed by atoms with Gasteiger partial charge in [0.15, 0.2) is 0 Å². The Labute approximate surface area is 170 Å². The van der Waals surface area contributed by atoms with E-state index in [2.05, 4.69) is 22.4 Å². The summed E-state index contributed by atoms with van der Waals surface area (Å²) in [5, 5.41) is 8.81. The predicted molar refractivity (Wildman–Crippen MR) is 111 cm³/mol. The summed E-state index contributed by atoms with van der Waals surface area (Å²) in [7, 11) is 1.83. The third-order valence-corrected chi connectivity index (χ3v) is 6.14. The molecular weight excluding hydrogens is 362 g/mol. The predicted octanol–water partition coefficient (Wildman–Crippen LogP) is 4.09. The molecule has 148 valence electrons. The fraction of sp³-hybridized carbons (Fsp3) is 0.391. The molecule has 3 aromatic rings. The van der Waals surface area contributed by atoms with Crippen LogP contribution < -0.4 is 0 Å². The second-order valence-electron chi connectivity index (χ2n) is 8.36. The zero-order valence-electron chi connectivity index (χ0n) is 16.9. The SMILES string of the molecule is Cc1ccc(-c2cn(CC3CCCC3)nn2)c(-c2ccc3c(c2)C(=O)N(C)C3)n1. The smallest absolute Gasteiger partial charge is 0.254 e. The van der Waals surface area contributed by atoms with Crippen LogP contribution >= 0.6 is 0 Å². The van der Waals surface area contributed by atoms with Crippen molar-refractivity contribution < 1.29 is 4.79 Å². The van der Waals surface area contributed by atoms with Crippen molar-refractivity contribution in [3.8, 4) is 22.5 Å². The average Bonchev–Trinajstić information content (AvgIpc) is 3.45. The molecule has 0 spiro atoms. The van der Waals surface area contributed by atoms with E-state index >= 15 is 0 Å². The monoisotopic (exact) mass is 387 g/mol. The van der Waals surface area contributed by atoms with E-state index in [9.17, 15) is 4.79 Å². The molecule has 0 unspecified atom stereocenters. The molecule has 1 aliphatic heterocycles. The number of benzene rings is 1. The maximum Gasteiger partial charge on any atom is 0.254 e. The van der Waals surface area contributed by atoms with Crippen molar-refractivity contribution in [3.63, 3.8) is 0 Å². The Balaban J connectivity index is 1.52. The minimum absolute atomic E-state index is 0.0681. The highest BCUT2D eigenvalue weighted by atomic mass is 16.2. The van der Waals surface area contributed by atoms with E-state index in [0.29, 0.717) is 12.5 Å². The second-order valence-corrected chi connectivity index (χ2v) is 8.36. The number of fused-ring (bicyclic) bond motifs is 1. The minimum Gasteiger partial charge on any atom is -0.337 e. The Morgan fingerprint density at radius 3 is 2.76 bits per heavy atom. The Kier molecular flexibility index (Phi) is 4.42. The zero-order valence-corrected chi connectivity index (χ0v) is 16.9. The van der Waals surface area contributed by atoms with E-state index in [4.69, 9.17) is 4.98 Å². The number of hydrogen-bond acceptors (Lipinski definition) is 4. The number of pyridine rings is 1. The number of carbonyl (C=O) groups excluding carboxylic acids is 1. The summed E-state index contributed by atoms with van der Waals surface area (Å²) in [6, 6.07) is 10.1. The van der Waals surface area contributed by atoms with Crippen molar-refractivity contribution in [2.24, 2.45) is 5.92 Å². The molecule has 6 nitrogen and oxygen atoms in total. The van der Waals surface area contributed by atoms with Gasteiger partial charge in [0.25, 0.3) is 5.91 Å². The lowest BCUT2D eigenvalue weighted by atomic mass is 9.99. The second kappa shape index (κ2) is 7.10. The fourth-order valence-corrected chi connectivity index (χ4v) is 4.55. The van der Waals surface area contributed by atoms with Crippen LogP contribution in [0.5, 0.6) is 0 Å². The first kappa shape index (κ1) is 18.0. The van der Waals surface area contributed by atoms with Gasteiger partial charge in [-0.15, -0.1) is 5.10 Å². The van der Waals surface area contributed by atoms with E-state index in [-0.39, 0.29) is 5.91 Å². The molecule has 2 aliphatic rings. The van der Waals surface area contributed by atoms with Gasteiger partial charge in [-0.05, 0) is 49.4 Å². The fourth-order valence-electron chi connectivity index (χ4n) is 4.55. The van der Waals surface area contributed by atoms with Crippen LogP contribution in [-0.2, 0) is 13.1 Å².